The molecular weight excluding hydrogens is 425 g/mol. The predicted molar refractivity (Wildman–Crippen MR) is 102 cm³/mol. The van der Waals surface area contributed by atoms with Crippen LogP contribution in [0.25, 0.3) is 0 Å². The molecule has 0 unspecified atom stereocenters. The molecule has 2 heterocycles. The third-order valence-electron chi connectivity index (χ3n) is 4.72. The monoisotopic (exact) mass is 446 g/mol. The molecule has 1 saturated heterocycles. The molecule has 0 bridgehead atoms. The lowest BCUT2D eigenvalue weighted by molar-refractivity contribution is -0.145. The van der Waals surface area contributed by atoms with Gasteiger partial charge in [0.05, 0.1) is 22.3 Å². The quantitative estimate of drug-likeness (QED) is 0.687. The summed E-state index contributed by atoms with van der Waals surface area (Å²) in [6.45, 7) is 3.69. The summed E-state index contributed by atoms with van der Waals surface area (Å²) in [6.07, 6.45) is -2.60. The number of aromatic hydroxyl groups is 1. The number of alkyl halides is 3. The van der Waals surface area contributed by atoms with Crippen molar-refractivity contribution in [1.29, 1.82) is 0 Å². The van der Waals surface area contributed by atoms with Gasteiger partial charge in [-0.3, -0.25) is 9.48 Å². The molecular formula is C18H21F3N4O4S. The Kier molecular flexibility index (Phi) is 5.83. The zero-order valence-electron chi connectivity index (χ0n) is 16.3. The number of sulfonamides is 1. The van der Waals surface area contributed by atoms with E-state index in [9.17, 15) is 31.5 Å². The lowest BCUT2D eigenvalue weighted by Crippen LogP contribution is -2.28. The number of carbonyl (C=O) groups excluding carboxylic acids is 1. The van der Waals surface area contributed by atoms with Crippen LogP contribution in [0, 0.1) is 0 Å². The van der Waals surface area contributed by atoms with Gasteiger partial charge in [0.15, 0.2) is 5.69 Å². The molecule has 0 aliphatic carbocycles. The fraction of sp³-hybridized carbons (Fsp3) is 0.444. The first-order valence-corrected chi connectivity index (χ1v) is 10.7. The molecule has 2 aromatic rings. The molecule has 12 heteroatoms. The number of amides is 1. The fourth-order valence-corrected chi connectivity index (χ4v) is 4.79. The highest BCUT2D eigenvalue weighted by Crippen LogP contribution is 2.35. The molecule has 1 amide bonds. The summed E-state index contributed by atoms with van der Waals surface area (Å²) in [6, 6.07) is 2.63. The second-order valence-corrected chi connectivity index (χ2v) is 9.13. The molecule has 1 aromatic heterocycles. The number of nitrogens with zero attached hydrogens (tertiary/aromatic N) is 3. The first-order chi connectivity index (χ1) is 13.9. The SMILES string of the molecule is CC(C)n1ncc(C(=O)Nc2cc(S(=O)(=O)N3CCCC3)ccc2O)c1C(F)(F)F. The van der Waals surface area contributed by atoms with Crippen molar-refractivity contribution in [2.24, 2.45) is 0 Å². The van der Waals surface area contributed by atoms with Crippen LogP contribution in [-0.4, -0.2) is 46.6 Å². The molecule has 0 radical (unpaired) electrons. The Hall–Kier alpha value is -2.60. The van der Waals surface area contributed by atoms with Crippen molar-refractivity contribution in [2.45, 2.75) is 43.8 Å². The number of aromatic nitrogens is 2. The Labute approximate surface area is 171 Å². The van der Waals surface area contributed by atoms with E-state index in [1.807, 2.05) is 0 Å². The van der Waals surface area contributed by atoms with Gasteiger partial charge in [-0.25, -0.2) is 8.42 Å². The van der Waals surface area contributed by atoms with Crippen LogP contribution in [0.2, 0.25) is 0 Å². The molecule has 8 nitrogen and oxygen atoms in total. The van der Waals surface area contributed by atoms with Crippen LogP contribution in [0.3, 0.4) is 0 Å². The molecule has 3 rings (SSSR count). The molecule has 0 saturated carbocycles. The zero-order valence-corrected chi connectivity index (χ0v) is 17.1. The normalized spacial score (nSPS) is 15.7. The number of halogens is 3. The van der Waals surface area contributed by atoms with Crippen molar-refractivity contribution in [2.75, 3.05) is 18.4 Å². The van der Waals surface area contributed by atoms with Crippen LogP contribution in [0.15, 0.2) is 29.3 Å². The minimum atomic E-state index is -4.84. The van der Waals surface area contributed by atoms with Crippen molar-refractivity contribution in [1.82, 2.24) is 14.1 Å². The maximum absolute atomic E-state index is 13.5. The van der Waals surface area contributed by atoms with Crippen LogP contribution < -0.4 is 5.32 Å². The van der Waals surface area contributed by atoms with Gasteiger partial charge in [-0.15, -0.1) is 0 Å². The van der Waals surface area contributed by atoms with Crippen LogP contribution >= 0.6 is 0 Å². The number of anilines is 1. The Bertz CT molecular complexity index is 1060. The molecule has 1 aliphatic rings. The highest BCUT2D eigenvalue weighted by atomic mass is 32.2. The number of hydrogen-bond acceptors (Lipinski definition) is 5. The van der Waals surface area contributed by atoms with Gasteiger partial charge in [0.2, 0.25) is 10.0 Å². The summed E-state index contributed by atoms with van der Waals surface area (Å²) >= 11 is 0. The topological polar surface area (TPSA) is 105 Å². The standard InChI is InChI=1S/C18H21F3N4O4S/c1-11(2)25-16(18(19,20)21)13(10-22-25)17(27)23-14-9-12(5-6-15(14)26)30(28,29)24-7-3-4-8-24/h5-6,9-11,26H,3-4,7-8H2,1-2H3,(H,23,27). The van der Waals surface area contributed by atoms with Crippen LogP contribution in [0.5, 0.6) is 5.75 Å². The molecule has 1 fully saturated rings. The third-order valence-corrected chi connectivity index (χ3v) is 6.61. The van der Waals surface area contributed by atoms with E-state index in [2.05, 4.69) is 10.4 Å². The molecule has 164 valence electrons. The highest BCUT2D eigenvalue weighted by molar-refractivity contribution is 7.89. The molecule has 1 aliphatic heterocycles. The number of benzene rings is 1. The summed E-state index contributed by atoms with van der Waals surface area (Å²) in [4.78, 5) is 12.4. The van der Waals surface area contributed by atoms with Gasteiger partial charge in [-0.2, -0.15) is 22.6 Å². The summed E-state index contributed by atoms with van der Waals surface area (Å²) in [5.74, 6) is -1.64. The predicted octanol–water partition coefficient (Wildman–Crippen LogP) is 3.23. The minimum absolute atomic E-state index is 0.175. The van der Waals surface area contributed by atoms with E-state index in [4.69, 9.17) is 0 Å². The lowest BCUT2D eigenvalue weighted by atomic mass is 10.2. The van der Waals surface area contributed by atoms with Gasteiger partial charge in [0.25, 0.3) is 5.91 Å². The van der Waals surface area contributed by atoms with Crippen LogP contribution in [0.1, 0.15) is 48.8 Å². The lowest BCUT2D eigenvalue weighted by Gasteiger charge is -2.17. The molecule has 1 aromatic carbocycles. The fourth-order valence-electron chi connectivity index (χ4n) is 3.25. The van der Waals surface area contributed by atoms with Crippen molar-refractivity contribution in [3.05, 3.63) is 35.7 Å². The number of carbonyl (C=O) groups is 1. The van der Waals surface area contributed by atoms with Gasteiger partial charge >= 0.3 is 6.18 Å². The summed E-state index contributed by atoms with van der Waals surface area (Å²) in [5, 5.41) is 15.8. The third kappa shape index (κ3) is 4.15. The van der Waals surface area contributed by atoms with E-state index in [1.165, 1.54) is 24.2 Å². The first-order valence-electron chi connectivity index (χ1n) is 9.22. The summed E-state index contributed by atoms with van der Waals surface area (Å²) in [5.41, 5.74) is -2.27. The van der Waals surface area contributed by atoms with Crippen molar-refractivity contribution >= 4 is 21.6 Å². The molecule has 30 heavy (non-hydrogen) atoms. The summed E-state index contributed by atoms with van der Waals surface area (Å²) in [7, 11) is -3.84. The largest absolute Gasteiger partial charge is 0.506 e. The van der Waals surface area contributed by atoms with E-state index in [1.54, 1.807) is 0 Å². The molecule has 0 atom stereocenters. The number of rotatable bonds is 5. The van der Waals surface area contributed by atoms with E-state index < -0.39 is 45.2 Å². The smallest absolute Gasteiger partial charge is 0.433 e. The van der Waals surface area contributed by atoms with Crippen LogP contribution in [-0.2, 0) is 16.2 Å². The molecule has 0 spiro atoms. The number of nitrogens with one attached hydrogen (secondary N) is 1. The van der Waals surface area contributed by atoms with Gasteiger partial charge < -0.3 is 10.4 Å². The Balaban J connectivity index is 1.95. The average molecular weight is 446 g/mol. The zero-order chi connectivity index (χ0) is 22.3. The van der Waals surface area contributed by atoms with Gasteiger partial charge in [-0.05, 0) is 44.9 Å². The van der Waals surface area contributed by atoms with Crippen molar-refractivity contribution in [3.63, 3.8) is 0 Å². The Morgan fingerprint density at radius 1 is 1.23 bits per heavy atom. The minimum Gasteiger partial charge on any atom is -0.506 e. The van der Waals surface area contributed by atoms with Gasteiger partial charge in [-0.1, -0.05) is 0 Å². The number of phenolic OH excluding ortho intramolecular Hbond substituents is 1. The van der Waals surface area contributed by atoms with E-state index in [-0.39, 0.29) is 10.6 Å². The number of phenols is 1. The highest BCUT2D eigenvalue weighted by Gasteiger charge is 2.40. The second kappa shape index (κ2) is 7.91. The number of hydrogen-bond donors (Lipinski definition) is 2. The van der Waals surface area contributed by atoms with E-state index in [0.29, 0.717) is 17.8 Å². The Morgan fingerprint density at radius 2 is 1.87 bits per heavy atom. The maximum Gasteiger partial charge on any atom is 0.433 e. The van der Waals surface area contributed by atoms with Crippen molar-refractivity contribution in [3.8, 4) is 5.75 Å². The molecule has 2 N–H and O–H groups in total. The second-order valence-electron chi connectivity index (χ2n) is 7.19. The van der Waals surface area contributed by atoms with Crippen molar-refractivity contribution < 1.29 is 31.5 Å². The van der Waals surface area contributed by atoms with E-state index in [0.717, 1.165) is 31.2 Å². The van der Waals surface area contributed by atoms with E-state index >= 15 is 0 Å². The first kappa shape index (κ1) is 22.1. The van der Waals surface area contributed by atoms with Gasteiger partial charge in [0, 0.05) is 19.1 Å². The summed E-state index contributed by atoms with van der Waals surface area (Å²) < 4.78 is 67.8. The maximum atomic E-state index is 13.5. The average Bonchev–Trinajstić information content (AvgIpc) is 3.33. The van der Waals surface area contributed by atoms with Gasteiger partial charge in [0.1, 0.15) is 5.75 Å². The van der Waals surface area contributed by atoms with Crippen LogP contribution in [0.4, 0.5) is 18.9 Å². The Morgan fingerprint density at radius 3 is 2.43 bits per heavy atom.